The molecule has 34 heavy (non-hydrogen) atoms. The molecule has 0 aliphatic rings. The lowest BCUT2D eigenvalue weighted by molar-refractivity contribution is 0.262. The van der Waals surface area contributed by atoms with Gasteiger partial charge in [0.25, 0.3) is 5.56 Å². The minimum Gasteiger partial charge on any atom is -0.508 e. The largest absolute Gasteiger partial charge is 0.508 e. The molecule has 0 aliphatic heterocycles. The molecule has 180 valence electrons. The predicted octanol–water partition coefficient (Wildman–Crippen LogP) is 6.91. The topological polar surface area (TPSA) is 83.4 Å². The lowest BCUT2D eigenvalue weighted by atomic mass is 9.93. The molecule has 0 atom stereocenters. The van der Waals surface area contributed by atoms with Gasteiger partial charge in [0.2, 0.25) is 0 Å². The first kappa shape index (κ1) is 25.1. The summed E-state index contributed by atoms with van der Waals surface area (Å²) in [7, 11) is 0. The number of para-hydroxylation sites is 1. The van der Waals surface area contributed by atoms with Crippen LogP contribution < -0.4 is 16.2 Å². The van der Waals surface area contributed by atoms with Crippen molar-refractivity contribution in [3.8, 4) is 16.9 Å². The number of phenols is 1. The number of phenolic OH excluding ortho intramolecular Hbond substituents is 1. The molecule has 2 amide bonds. The summed E-state index contributed by atoms with van der Waals surface area (Å²) in [6.07, 6.45) is 3.55. The van der Waals surface area contributed by atoms with Crippen molar-refractivity contribution in [2.75, 3.05) is 10.6 Å². The number of urea groups is 1. The van der Waals surface area contributed by atoms with Gasteiger partial charge in [0.15, 0.2) is 0 Å². The summed E-state index contributed by atoms with van der Waals surface area (Å²) in [5.74, 6) is 0.537. The molecule has 0 saturated carbocycles. The summed E-state index contributed by atoms with van der Waals surface area (Å²) in [6, 6.07) is 14.1. The van der Waals surface area contributed by atoms with Crippen LogP contribution in [0.2, 0.25) is 0 Å². The van der Waals surface area contributed by atoms with Gasteiger partial charge in [-0.15, -0.1) is 0 Å². The Morgan fingerprint density at radius 3 is 2.15 bits per heavy atom. The number of pyridine rings is 1. The molecule has 6 heteroatoms. The molecule has 0 unspecified atom stereocenters. The Labute approximate surface area is 201 Å². The Morgan fingerprint density at radius 1 is 0.941 bits per heavy atom. The first-order chi connectivity index (χ1) is 16.2. The summed E-state index contributed by atoms with van der Waals surface area (Å²) in [5.41, 5.74) is 4.00. The smallest absolute Gasteiger partial charge is 0.323 e. The third-order valence-electron chi connectivity index (χ3n) is 5.92. The standard InChI is InChI=1S/C28H35N3O3/c1-6-7-15-31-16-14-24(20-10-8-11-21(32)17-20)26(27(31)33)30-28(34)29-25-22(18(2)3)12-9-13-23(25)19(4)5/h8-14,16-19,32H,6-7,15H2,1-5H3,(H2,29,30,34). The summed E-state index contributed by atoms with van der Waals surface area (Å²) in [5, 5.41) is 15.8. The van der Waals surface area contributed by atoms with Gasteiger partial charge in [-0.1, -0.05) is 71.4 Å². The van der Waals surface area contributed by atoms with Gasteiger partial charge in [-0.05, 0) is 53.1 Å². The number of aromatic nitrogens is 1. The van der Waals surface area contributed by atoms with E-state index in [1.54, 1.807) is 35.0 Å². The van der Waals surface area contributed by atoms with Crippen LogP contribution in [-0.2, 0) is 6.54 Å². The van der Waals surface area contributed by atoms with Crippen molar-refractivity contribution >= 4 is 17.4 Å². The van der Waals surface area contributed by atoms with Crippen LogP contribution in [0.3, 0.4) is 0 Å². The zero-order valence-electron chi connectivity index (χ0n) is 20.7. The zero-order valence-corrected chi connectivity index (χ0v) is 20.7. The second-order valence-electron chi connectivity index (χ2n) is 9.21. The van der Waals surface area contributed by atoms with Gasteiger partial charge >= 0.3 is 6.03 Å². The third-order valence-corrected chi connectivity index (χ3v) is 5.92. The van der Waals surface area contributed by atoms with Gasteiger partial charge in [0.1, 0.15) is 11.4 Å². The second-order valence-corrected chi connectivity index (χ2v) is 9.21. The Hall–Kier alpha value is -3.54. The minimum atomic E-state index is -0.471. The quantitative estimate of drug-likeness (QED) is 0.341. The monoisotopic (exact) mass is 461 g/mol. The number of benzene rings is 2. The first-order valence-corrected chi connectivity index (χ1v) is 12.0. The molecule has 6 nitrogen and oxygen atoms in total. The van der Waals surface area contributed by atoms with Gasteiger partial charge < -0.3 is 20.3 Å². The number of hydrogen-bond donors (Lipinski definition) is 3. The summed E-state index contributed by atoms with van der Waals surface area (Å²) in [6.45, 7) is 11.0. The highest BCUT2D eigenvalue weighted by Gasteiger charge is 2.19. The van der Waals surface area contributed by atoms with Crippen LogP contribution in [0, 0.1) is 0 Å². The van der Waals surface area contributed by atoms with Crippen LogP contribution in [0.1, 0.15) is 70.4 Å². The molecule has 0 fully saturated rings. The lowest BCUT2D eigenvalue weighted by Gasteiger charge is -2.21. The molecule has 0 saturated heterocycles. The Bertz CT molecular complexity index is 1190. The summed E-state index contributed by atoms with van der Waals surface area (Å²) >= 11 is 0. The lowest BCUT2D eigenvalue weighted by Crippen LogP contribution is -2.29. The van der Waals surface area contributed by atoms with Crippen molar-refractivity contribution in [3.63, 3.8) is 0 Å². The average Bonchev–Trinajstić information content (AvgIpc) is 2.79. The molecule has 3 N–H and O–H groups in total. The van der Waals surface area contributed by atoms with E-state index in [1.807, 2.05) is 24.3 Å². The number of hydrogen-bond acceptors (Lipinski definition) is 3. The SMILES string of the molecule is CCCCn1ccc(-c2cccc(O)c2)c(NC(=O)Nc2c(C(C)C)cccc2C(C)C)c1=O. The van der Waals surface area contributed by atoms with E-state index in [0.29, 0.717) is 17.7 Å². The van der Waals surface area contributed by atoms with Crippen LogP contribution in [-0.4, -0.2) is 15.7 Å². The maximum atomic E-state index is 13.4. The number of nitrogens with zero attached hydrogens (tertiary/aromatic N) is 1. The van der Waals surface area contributed by atoms with Gasteiger partial charge in [-0.3, -0.25) is 4.79 Å². The number of carbonyl (C=O) groups is 1. The van der Waals surface area contributed by atoms with Gasteiger partial charge in [-0.25, -0.2) is 4.79 Å². The molecule has 1 aromatic heterocycles. The molecular weight excluding hydrogens is 426 g/mol. The van der Waals surface area contributed by atoms with Crippen LogP contribution in [0.4, 0.5) is 16.2 Å². The van der Waals surface area contributed by atoms with E-state index >= 15 is 0 Å². The molecule has 3 rings (SSSR count). The maximum Gasteiger partial charge on any atom is 0.323 e. The van der Waals surface area contributed by atoms with E-state index < -0.39 is 6.03 Å². The molecule has 0 bridgehead atoms. The van der Waals surface area contributed by atoms with E-state index in [-0.39, 0.29) is 28.8 Å². The van der Waals surface area contributed by atoms with Gasteiger partial charge in [0.05, 0.1) is 0 Å². The van der Waals surface area contributed by atoms with Crippen LogP contribution in [0.5, 0.6) is 5.75 Å². The number of rotatable bonds is 8. The fourth-order valence-corrected chi connectivity index (χ4v) is 4.07. The molecule has 0 spiro atoms. The highest BCUT2D eigenvalue weighted by Crippen LogP contribution is 2.33. The fourth-order valence-electron chi connectivity index (χ4n) is 4.07. The van der Waals surface area contributed by atoms with Gasteiger partial charge in [-0.2, -0.15) is 0 Å². The highest BCUT2D eigenvalue weighted by molar-refractivity contribution is 6.03. The second kappa shape index (κ2) is 11.1. The Balaban J connectivity index is 2.03. The Morgan fingerprint density at radius 2 is 1.56 bits per heavy atom. The number of aryl methyl sites for hydroxylation is 1. The van der Waals surface area contributed by atoms with Crippen molar-refractivity contribution in [3.05, 3.63) is 76.2 Å². The van der Waals surface area contributed by atoms with Crippen molar-refractivity contribution < 1.29 is 9.90 Å². The summed E-state index contributed by atoms with van der Waals surface area (Å²) < 4.78 is 1.62. The van der Waals surface area contributed by atoms with E-state index in [0.717, 1.165) is 29.7 Å². The summed E-state index contributed by atoms with van der Waals surface area (Å²) in [4.78, 5) is 26.6. The average molecular weight is 462 g/mol. The van der Waals surface area contributed by atoms with E-state index in [9.17, 15) is 14.7 Å². The van der Waals surface area contributed by atoms with E-state index in [4.69, 9.17) is 0 Å². The zero-order chi connectivity index (χ0) is 24.8. The van der Waals surface area contributed by atoms with Crippen molar-refractivity contribution in [2.24, 2.45) is 0 Å². The first-order valence-electron chi connectivity index (χ1n) is 12.0. The molecule has 0 radical (unpaired) electrons. The number of carbonyl (C=O) groups excluding carboxylic acids is 1. The van der Waals surface area contributed by atoms with Crippen LogP contribution in [0.25, 0.3) is 11.1 Å². The molecule has 1 heterocycles. The molecule has 2 aromatic carbocycles. The molecule has 3 aromatic rings. The molecule has 0 aliphatic carbocycles. The highest BCUT2D eigenvalue weighted by atomic mass is 16.3. The number of aromatic hydroxyl groups is 1. The van der Waals surface area contributed by atoms with Crippen LogP contribution >= 0.6 is 0 Å². The Kier molecular flexibility index (Phi) is 8.16. The maximum absolute atomic E-state index is 13.4. The third kappa shape index (κ3) is 5.68. The number of anilines is 2. The fraction of sp³-hybridized carbons (Fsp3) is 0.357. The van der Waals surface area contributed by atoms with E-state index in [1.165, 1.54) is 0 Å². The van der Waals surface area contributed by atoms with Crippen molar-refractivity contribution in [1.29, 1.82) is 0 Å². The number of unbranched alkanes of at least 4 members (excludes halogenated alkanes) is 1. The normalized spacial score (nSPS) is 11.1. The van der Waals surface area contributed by atoms with Crippen molar-refractivity contribution in [1.82, 2.24) is 4.57 Å². The minimum absolute atomic E-state index is 0.0931. The number of nitrogens with one attached hydrogen (secondary N) is 2. The predicted molar refractivity (Wildman–Crippen MR) is 140 cm³/mol. The van der Waals surface area contributed by atoms with Gasteiger partial charge in [0, 0.05) is 24.0 Å². The molecular formula is C28H35N3O3. The number of amides is 2. The van der Waals surface area contributed by atoms with E-state index in [2.05, 4.69) is 45.3 Å². The van der Waals surface area contributed by atoms with Crippen molar-refractivity contribution in [2.45, 2.75) is 65.8 Å². The van der Waals surface area contributed by atoms with Crippen LogP contribution in [0.15, 0.2) is 59.5 Å².